The van der Waals surface area contributed by atoms with Gasteiger partial charge in [-0.2, -0.15) is 5.10 Å². The fraction of sp³-hybridized carbons (Fsp3) is 0.100. The summed E-state index contributed by atoms with van der Waals surface area (Å²) in [5, 5.41) is 14.6. The lowest BCUT2D eigenvalue weighted by Gasteiger charge is -2.04. The molecule has 0 saturated heterocycles. The number of hydrogen-bond acceptors (Lipinski definition) is 6. The van der Waals surface area contributed by atoms with Gasteiger partial charge in [-0.05, 0) is 22.0 Å². The zero-order chi connectivity index (χ0) is 14.0. The Kier molecular flexibility index (Phi) is 3.56. The summed E-state index contributed by atoms with van der Waals surface area (Å²) in [6.45, 7) is 0. The smallest absolute Gasteiger partial charge is 0.363 e. The summed E-state index contributed by atoms with van der Waals surface area (Å²) in [7, 11) is 1.56. The van der Waals surface area contributed by atoms with Gasteiger partial charge < -0.3 is 4.74 Å². The molecular weight excluding hydrogens is 320 g/mol. The van der Waals surface area contributed by atoms with Crippen molar-refractivity contribution in [3.05, 3.63) is 44.8 Å². The van der Waals surface area contributed by atoms with Gasteiger partial charge in [-0.3, -0.25) is 14.8 Å². The molecule has 0 radical (unpaired) electrons. The number of pyridine rings is 1. The number of ether oxygens (including phenoxy) is 1. The first-order valence-electron chi connectivity index (χ1n) is 4.99. The van der Waals surface area contributed by atoms with Crippen LogP contribution in [-0.2, 0) is 7.05 Å². The number of halogens is 1. The molecule has 0 aromatic carbocycles. The minimum atomic E-state index is -0.766. The van der Waals surface area contributed by atoms with Gasteiger partial charge in [0.1, 0.15) is 5.69 Å². The van der Waals surface area contributed by atoms with Crippen LogP contribution in [0.15, 0.2) is 29.0 Å². The van der Waals surface area contributed by atoms with Crippen LogP contribution < -0.4 is 4.74 Å². The minimum absolute atomic E-state index is 0.166. The van der Waals surface area contributed by atoms with E-state index in [-0.39, 0.29) is 11.6 Å². The summed E-state index contributed by atoms with van der Waals surface area (Å²) < 4.78 is 6.63. The van der Waals surface area contributed by atoms with Crippen molar-refractivity contribution < 1.29 is 14.5 Å². The van der Waals surface area contributed by atoms with Crippen molar-refractivity contribution in [3.63, 3.8) is 0 Å². The normalized spacial score (nSPS) is 10.2. The second-order valence-electron chi connectivity index (χ2n) is 3.46. The second kappa shape index (κ2) is 5.14. The lowest BCUT2D eigenvalue weighted by atomic mass is 10.4. The summed E-state index contributed by atoms with van der Waals surface area (Å²) in [6.07, 6.45) is 2.72. The van der Waals surface area contributed by atoms with Crippen molar-refractivity contribution >= 4 is 27.6 Å². The first-order valence-corrected chi connectivity index (χ1v) is 5.78. The van der Waals surface area contributed by atoms with Crippen LogP contribution in [0, 0.1) is 10.1 Å². The maximum atomic E-state index is 11.8. The molecule has 19 heavy (non-hydrogen) atoms. The minimum Gasteiger partial charge on any atom is -0.396 e. The van der Waals surface area contributed by atoms with Crippen molar-refractivity contribution in [2.24, 2.45) is 7.05 Å². The molecule has 2 heterocycles. The van der Waals surface area contributed by atoms with Gasteiger partial charge >= 0.3 is 17.5 Å². The van der Waals surface area contributed by atoms with Gasteiger partial charge in [0.15, 0.2) is 0 Å². The summed E-state index contributed by atoms with van der Waals surface area (Å²) in [6, 6.07) is 2.64. The maximum Gasteiger partial charge on any atom is 0.363 e. The van der Waals surface area contributed by atoms with Crippen LogP contribution in [0.3, 0.4) is 0 Å². The van der Waals surface area contributed by atoms with Crippen LogP contribution in [0.5, 0.6) is 5.88 Å². The fourth-order valence-corrected chi connectivity index (χ4v) is 1.66. The van der Waals surface area contributed by atoms with Crippen molar-refractivity contribution in [3.8, 4) is 5.88 Å². The highest BCUT2D eigenvalue weighted by molar-refractivity contribution is 9.10. The third kappa shape index (κ3) is 2.76. The molecule has 0 N–H and O–H groups in total. The third-order valence-corrected chi connectivity index (χ3v) is 2.65. The predicted octanol–water partition coefficient (Wildman–Crippen LogP) is 1.70. The molecule has 2 rings (SSSR count). The average Bonchev–Trinajstić information content (AvgIpc) is 2.77. The summed E-state index contributed by atoms with van der Waals surface area (Å²) in [5.41, 5.74) is -0.232. The predicted molar refractivity (Wildman–Crippen MR) is 66.8 cm³/mol. The molecule has 2 aromatic heterocycles. The summed E-state index contributed by atoms with van der Waals surface area (Å²) in [5.74, 6) is -1.13. The second-order valence-corrected chi connectivity index (χ2v) is 4.38. The van der Waals surface area contributed by atoms with E-state index in [1.54, 1.807) is 7.05 Å². The summed E-state index contributed by atoms with van der Waals surface area (Å²) >= 11 is 3.06. The van der Waals surface area contributed by atoms with Crippen LogP contribution in [-0.4, -0.2) is 25.7 Å². The molecule has 0 aliphatic carbocycles. The van der Waals surface area contributed by atoms with Gasteiger partial charge in [0, 0.05) is 30.0 Å². The molecular formula is C10H7BrN4O4. The molecule has 0 saturated carbocycles. The van der Waals surface area contributed by atoms with Crippen LogP contribution in [0.1, 0.15) is 10.5 Å². The maximum absolute atomic E-state index is 11.8. The Labute approximate surface area is 115 Å². The quantitative estimate of drug-likeness (QED) is 0.483. The van der Waals surface area contributed by atoms with E-state index < -0.39 is 16.6 Å². The number of aromatic nitrogens is 3. The van der Waals surface area contributed by atoms with Crippen LogP contribution in [0.2, 0.25) is 0 Å². The number of esters is 1. The van der Waals surface area contributed by atoms with Gasteiger partial charge in [-0.25, -0.2) is 9.78 Å². The average molecular weight is 327 g/mol. The number of rotatable bonds is 3. The van der Waals surface area contributed by atoms with E-state index in [1.807, 2.05) is 0 Å². The number of nitro groups is 1. The van der Waals surface area contributed by atoms with Crippen LogP contribution >= 0.6 is 15.9 Å². The molecule has 8 nitrogen and oxygen atoms in total. The molecule has 0 unspecified atom stereocenters. The highest BCUT2D eigenvalue weighted by atomic mass is 79.9. The molecule has 0 aliphatic heterocycles. The number of carbonyl (C=O) groups excluding carboxylic acids is 1. The number of nitrogens with zero attached hydrogens (tertiary/aromatic N) is 4. The Morgan fingerprint density at radius 2 is 2.32 bits per heavy atom. The highest BCUT2D eigenvalue weighted by Gasteiger charge is 2.22. The van der Waals surface area contributed by atoms with E-state index in [0.717, 1.165) is 0 Å². The van der Waals surface area contributed by atoms with E-state index in [0.29, 0.717) is 4.47 Å². The number of carbonyl (C=O) groups is 1. The molecule has 0 fully saturated rings. The molecule has 0 bridgehead atoms. The standard InChI is InChI=1S/C10H7BrN4O4/c1-14-7(2-3-13-14)10(16)19-9-8(15(17)18)4-6(11)5-12-9/h2-5H,1H3. The van der Waals surface area contributed by atoms with Crippen molar-refractivity contribution in [1.29, 1.82) is 0 Å². The van der Waals surface area contributed by atoms with E-state index in [2.05, 4.69) is 26.0 Å². The number of aryl methyl sites for hydroxylation is 1. The SMILES string of the molecule is Cn1nccc1C(=O)Oc1ncc(Br)cc1[N+](=O)[O-]. The number of hydrogen-bond donors (Lipinski definition) is 0. The van der Waals surface area contributed by atoms with Crippen LogP contribution in [0.25, 0.3) is 0 Å². The Morgan fingerprint density at radius 1 is 1.58 bits per heavy atom. The Bertz CT molecular complexity index is 655. The summed E-state index contributed by atoms with van der Waals surface area (Å²) in [4.78, 5) is 25.7. The Hall–Kier alpha value is -2.29. The fourth-order valence-electron chi connectivity index (χ4n) is 1.34. The Balaban J connectivity index is 2.32. The first kappa shape index (κ1) is 13.1. The van der Waals surface area contributed by atoms with E-state index in [4.69, 9.17) is 4.74 Å². The highest BCUT2D eigenvalue weighted by Crippen LogP contribution is 2.27. The molecule has 2 aromatic rings. The van der Waals surface area contributed by atoms with E-state index >= 15 is 0 Å². The molecule has 0 aliphatic rings. The third-order valence-electron chi connectivity index (χ3n) is 2.21. The van der Waals surface area contributed by atoms with Crippen molar-refractivity contribution in [2.75, 3.05) is 0 Å². The zero-order valence-corrected chi connectivity index (χ0v) is 11.2. The lowest BCUT2D eigenvalue weighted by Crippen LogP contribution is -2.15. The molecule has 0 amide bonds. The molecule has 98 valence electrons. The first-order chi connectivity index (χ1) is 8.99. The molecule has 0 atom stereocenters. The van der Waals surface area contributed by atoms with Crippen molar-refractivity contribution in [1.82, 2.24) is 14.8 Å². The lowest BCUT2D eigenvalue weighted by molar-refractivity contribution is -0.386. The van der Waals surface area contributed by atoms with E-state index in [1.165, 1.54) is 29.2 Å². The van der Waals surface area contributed by atoms with Crippen LogP contribution in [0.4, 0.5) is 5.69 Å². The van der Waals surface area contributed by atoms with Gasteiger partial charge in [0.05, 0.1) is 4.92 Å². The monoisotopic (exact) mass is 326 g/mol. The van der Waals surface area contributed by atoms with E-state index in [9.17, 15) is 14.9 Å². The Morgan fingerprint density at radius 3 is 2.89 bits per heavy atom. The van der Waals surface area contributed by atoms with Crippen molar-refractivity contribution in [2.45, 2.75) is 0 Å². The topological polar surface area (TPSA) is 100 Å². The van der Waals surface area contributed by atoms with Gasteiger partial charge in [-0.1, -0.05) is 0 Å². The van der Waals surface area contributed by atoms with Gasteiger partial charge in [0.25, 0.3) is 0 Å². The van der Waals surface area contributed by atoms with Gasteiger partial charge in [0.2, 0.25) is 0 Å². The zero-order valence-electron chi connectivity index (χ0n) is 9.61. The molecule has 0 spiro atoms. The molecule has 9 heteroatoms. The van der Waals surface area contributed by atoms with Gasteiger partial charge in [-0.15, -0.1) is 0 Å². The largest absolute Gasteiger partial charge is 0.396 e.